The Morgan fingerprint density at radius 3 is 1.45 bits per heavy atom. The first-order valence-corrected chi connectivity index (χ1v) is 30.5. The summed E-state index contributed by atoms with van der Waals surface area (Å²) >= 11 is 0. The number of hydrogen-bond donors (Lipinski definition) is 7. The number of carbonyl (C=O) groups excluding carboxylic acids is 5. The molecule has 4 aromatic rings. The second kappa shape index (κ2) is 37.0. The van der Waals surface area contributed by atoms with Crippen LogP contribution in [0.4, 0.5) is 5.69 Å². The Kier molecular flexibility index (Phi) is 30.8. The lowest BCUT2D eigenvalue weighted by Crippen LogP contribution is -2.23. The van der Waals surface area contributed by atoms with Gasteiger partial charge in [0.2, 0.25) is 0 Å². The third-order valence-corrected chi connectivity index (χ3v) is 15.9. The molecule has 0 bridgehead atoms. The summed E-state index contributed by atoms with van der Waals surface area (Å²) in [5.74, 6) is -0.837. The molecule has 0 spiro atoms. The lowest BCUT2D eigenvalue weighted by Gasteiger charge is -2.22. The molecule has 0 aliphatic heterocycles. The SMILES string of the molecule is CCCCC(C)(O)C/C=C/[C@H]1[C@H](O)CC(=O)[C@@H]1CCCCCCC(=O)Cc1ccc(CC(=O)c2ccccc2)cc1.CCCCC(C)(O)C/C=C/[C@H]1[C@H](O)CC(=O)[C@@H]1CCCCCCC(=O)O.O=C(Nc1ccc(O)cc1)c1ccccc1. The van der Waals surface area contributed by atoms with Gasteiger partial charge in [0.25, 0.3) is 5.91 Å². The third kappa shape index (κ3) is 26.8. The molecule has 2 unspecified atom stereocenters. The van der Waals surface area contributed by atoms with Gasteiger partial charge in [0.1, 0.15) is 23.1 Å². The zero-order valence-corrected chi connectivity index (χ0v) is 49.8. The highest BCUT2D eigenvalue weighted by atomic mass is 16.4. The van der Waals surface area contributed by atoms with Gasteiger partial charge in [-0.3, -0.25) is 28.8 Å². The minimum absolute atomic E-state index is 0.0851. The zero-order chi connectivity index (χ0) is 60.6. The molecular weight excluding hydrogens is 1050 g/mol. The molecule has 2 fully saturated rings. The van der Waals surface area contributed by atoms with Crippen molar-refractivity contribution in [2.45, 2.75) is 205 Å². The fraction of sp³-hybridized carbons (Fsp3) is 0.514. The van der Waals surface area contributed by atoms with E-state index < -0.39 is 29.4 Å². The molecule has 2 saturated carbocycles. The summed E-state index contributed by atoms with van der Waals surface area (Å²) in [6, 6.07) is 32.3. The molecule has 0 saturated heterocycles. The van der Waals surface area contributed by atoms with E-state index in [2.05, 4.69) is 19.2 Å². The normalized spacial score (nSPS) is 20.0. The molecule has 452 valence electrons. The predicted octanol–water partition coefficient (Wildman–Crippen LogP) is 13.5. The van der Waals surface area contributed by atoms with Gasteiger partial charge in [-0.2, -0.15) is 0 Å². The Morgan fingerprint density at radius 2 is 0.988 bits per heavy atom. The second-order valence-corrected chi connectivity index (χ2v) is 23.5. The summed E-state index contributed by atoms with van der Waals surface area (Å²) in [7, 11) is 0. The number of amides is 1. The van der Waals surface area contributed by atoms with Crippen LogP contribution in [-0.4, -0.2) is 89.1 Å². The fourth-order valence-electron chi connectivity index (χ4n) is 10.8. The van der Waals surface area contributed by atoms with Crippen molar-refractivity contribution in [3.8, 4) is 5.75 Å². The number of aromatic hydroxyl groups is 1. The van der Waals surface area contributed by atoms with Crippen LogP contribution < -0.4 is 5.32 Å². The Hall–Kier alpha value is -6.38. The van der Waals surface area contributed by atoms with Gasteiger partial charge in [-0.05, 0) is 113 Å². The second-order valence-electron chi connectivity index (χ2n) is 23.5. The molecule has 2 aliphatic carbocycles. The number of unbranched alkanes of at least 4 members (excludes halogenated alkanes) is 8. The highest BCUT2D eigenvalue weighted by molar-refractivity contribution is 6.04. The predicted molar refractivity (Wildman–Crippen MR) is 328 cm³/mol. The van der Waals surface area contributed by atoms with Gasteiger partial charge in [0, 0.05) is 79.0 Å². The van der Waals surface area contributed by atoms with E-state index in [1.807, 2.05) is 111 Å². The summed E-state index contributed by atoms with van der Waals surface area (Å²) in [5.41, 5.74) is 2.40. The number of aliphatic carboxylic acids is 1. The van der Waals surface area contributed by atoms with Crippen LogP contribution in [0.3, 0.4) is 0 Å². The van der Waals surface area contributed by atoms with Crippen molar-refractivity contribution in [1.29, 1.82) is 0 Å². The zero-order valence-electron chi connectivity index (χ0n) is 49.8. The van der Waals surface area contributed by atoms with E-state index in [0.29, 0.717) is 55.3 Å². The Bertz CT molecular complexity index is 2630. The number of aliphatic hydroxyl groups is 4. The number of carboxylic acids is 1. The van der Waals surface area contributed by atoms with Gasteiger partial charge in [0.15, 0.2) is 5.78 Å². The Balaban J connectivity index is 0.000000298. The standard InChI is InChI=1S/C36H48O5.C21H36O5.C13H11NO2/c1-3-4-22-36(2,41)23-12-17-32-31(34(39)26-35(32)40)16-11-6-5-10-15-30(37)24-27-18-20-28(21-19-27)25-33(38)29-13-8-7-9-14-29;1-3-4-13-21(2,26)14-9-11-17-16(18(22)15-19(17)23)10-7-5-6-8-12-20(24)25;15-12-8-6-11(7-9-12)14-13(16)10-4-2-1-3-5-10/h7-9,12-14,17-21,31-32,35,40-41H,3-6,10-11,15-16,22-26H2,1-2H3;9,11,16-17,19,23,26H,3-8,10,12-15H2,1-2H3,(H,24,25);1-9,15H,(H,14,16)/b17-12+;11-9+;/t31-,32-,35-,36?;16-,17-,19-,21?;/m11./s1. The van der Waals surface area contributed by atoms with Crippen LogP contribution in [0.2, 0.25) is 0 Å². The number of Topliss-reactive ketones (excluding diaryl/α,β-unsaturated/α-hetero) is 4. The smallest absolute Gasteiger partial charge is 0.303 e. The van der Waals surface area contributed by atoms with Crippen LogP contribution in [0.25, 0.3) is 0 Å². The van der Waals surface area contributed by atoms with Crippen LogP contribution in [-0.2, 0) is 32.0 Å². The maximum atomic E-state index is 12.5. The fourth-order valence-corrected chi connectivity index (χ4v) is 10.8. The highest BCUT2D eigenvalue weighted by Gasteiger charge is 2.40. The van der Waals surface area contributed by atoms with E-state index in [1.165, 1.54) is 12.1 Å². The molecular formula is C70H95NO12. The number of benzene rings is 4. The van der Waals surface area contributed by atoms with Crippen molar-refractivity contribution in [3.05, 3.63) is 156 Å². The number of phenolic OH excluding ortho intramolecular Hbond substituents is 1. The summed E-state index contributed by atoms with van der Waals surface area (Å²) < 4.78 is 0. The molecule has 0 aromatic heterocycles. The Morgan fingerprint density at radius 1 is 0.554 bits per heavy atom. The average Bonchev–Trinajstić information content (AvgIpc) is 3.99. The number of ketones is 4. The Labute approximate surface area is 493 Å². The van der Waals surface area contributed by atoms with E-state index in [9.17, 15) is 49.2 Å². The van der Waals surface area contributed by atoms with Crippen molar-refractivity contribution in [2.24, 2.45) is 23.7 Å². The maximum Gasteiger partial charge on any atom is 0.303 e. The third-order valence-electron chi connectivity index (χ3n) is 15.9. The number of phenols is 1. The van der Waals surface area contributed by atoms with Crippen LogP contribution >= 0.6 is 0 Å². The van der Waals surface area contributed by atoms with Gasteiger partial charge >= 0.3 is 5.97 Å². The average molecular weight is 1140 g/mol. The monoisotopic (exact) mass is 1140 g/mol. The molecule has 0 heterocycles. The summed E-state index contributed by atoms with van der Waals surface area (Å²) in [4.78, 5) is 71.8. The quantitative estimate of drug-likeness (QED) is 0.0102. The minimum atomic E-state index is -0.765. The van der Waals surface area contributed by atoms with E-state index in [-0.39, 0.29) is 77.7 Å². The number of aliphatic hydroxyl groups excluding tert-OH is 2. The highest BCUT2D eigenvalue weighted by Crippen LogP contribution is 2.36. The van der Waals surface area contributed by atoms with E-state index >= 15 is 0 Å². The lowest BCUT2D eigenvalue weighted by molar-refractivity contribution is -0.137. The molecule has 8 atom stereocenters. The number of rotatable bonds is 33. The molecule has 0 radical (unpaired) electrons. The van der Waals surface area contributed by atoms with Crippen molar-refractivity contribution >= 4 is 40.7 Å². The van der Waals surface area contributed by atoms with Gasteiger partial charge in [0.05, 0.1) is 23.4 Å². The topological polar surface area (TPSA) is 236 Å². The van der Waals surface area contributed by atoms with Crippen LogP contribution in [0, 0.1) is 23.7 Å². The number of nitrogens with one attached hydrogen (secondary N) is 1. The number of anilines is 1. The first-order chi connectivity index (χ1) is 39.7. The van der Waals surface area contributed by atoms with Gasteiger partial charge < -0.3 is 36.0 Å². The van der Waals surface area contributed by atoms with Gasteiger partial charge in [-0.15, -0.1) is 0 Å². The van der Waals surface area contributed by atoms with Crippen molar-refractivity contribution in [3.63, 3.8) is 0 Å². The van der Waals surface area contributed by atoms with Crippen molar-refractivity contribution in [1.82, 2.24) is 0 Å². The van der Waals surface area contributed by atoms with E-state index in [1.54, 1.807) is 24.3 Å². The van der Waals surface area contributed by atoms with Crippen molar-refractivity contribution in [2.75, 3.05) is 5.32 Å². The largest absolute Gasteiger partial charge is 0.508 e. The van der Waals surface area contributed by atoms with E-state index in [4.69, 9.17) is 10.2 Å². The summed E-state index contributed by atoms with van der Waals surface area (Å²) in [5, 5.41) is 62.0. The number of hydrogen-bond acceptors (Lipinski definition) is 11. The summed E-state index contributed by atoms with van der Waals surface area (Å²) in [6.45, 7) is 7.88. The molecule has 6 rings (SSSR count). The van der Waals surface area contributed by atoms with Crippen LogP contribution in [0.1, 0.15) is 201 Å². The van der Waals surface area contributed by atoms with Gasteiger partial charge in [-0.25, -0.2) is 0 Å². The number of carbonyl (C=O) groups is 6. The van der Waals surface area contributed by atoms with Crippen molar-refractivity contribution < 1.29 is 59.4 Å². The molecule has 2 aliphatic rings. The van der Waals surface area contributed by atoms with E-state index in [0.717, 1.165) is 107 Å². The molecule has 7 N–H and O–H groups in total. The first kappa shape index (κ1) is 69.1. The lowest BCUT2D eigenvalue weighted by atomic mass is 9.87. The van der Waals surface area contributed by atoms with Gasteiger partial charge in [-0.1, -0.05) is 175 Å². The maximum absolute atomic E-state index is 12.5. The molecule has 13 nitrogen and oxygen atoms in total. The van der Waals surface area contributed by atoms with Crippen LogP contribution in [0.15, 0.2) is 133 Å². The molecule has 4 aromatic carbocycles. The summed E-state index contributed by atoms with van der Waals surface area (Å²) in [6.07, 6.45) is 23.4. The molecule has 1 amide bonds. The first-order valence-electron chi connectivity index (χ1n) is 30.5. The molecule has 83 heavy (non-hydrogen) atoms. The van der Waals surface area contributed by atoms with Crippen LogP contribution in [0.5, 0.6) is 5.75 Å². The molecule has 13 heteroatoms. The number of carboxylic acid groups (broad SMARTS) is 1. The minimum Gasteiger partial charge on any atom is -0.508 e.